The molecule has 2 aliphatic heterocycles. The lowest BCUT2D eigenvalue weighted by atomic mass is 9.85. The second-order valence-electron chi connectivity index (χ2n) is 9.98. The number of aliphatic imine (C=N–C) groups is 1. The van der Waals surface area contributed by atoms with E-state index in [0.29, 0.717) is 32.4 Å². The average Bonchev–Trinajstić information content (AvgIpc) is 3.62. The van der Waals surface area contributed by atoms with Gasteiger partial charge in [-0.3, -0.25) is 9.79 Å². The van der Waals surface area contributed by atoms with E-state index in [1.807, 2.05) is 0 Å². The SMILES string of the molecule is O=C(O)[C@H]1C[C@H](S(=O)(=O)N[C@H]2CC3=C(c4ccn(C(F)F)n4)[C@H](c4ccc(F)cc4Cl)N=C(c4nccs4)N3C2)C1. The van der Waals surface area contributed by atoms with Crippen molar-refractivity contribution in [3.63, 3.8) is 0 Å². The number of rotatable bonds is 8. The molecule has 16 heteroatoms. The van der Waals surface area contributed by atoms with Crippen LogP contribution in [0.5, 0.6) is 0 Å². The quantitative estimate of drug-likeness (QED) is 0.381. The van der Waals surface area contributed by atoms with Crippen molar-refractivity contribution in [3.05, 3.63) is 74.8 Å². The van der Waals surface area contributed by atoms with Gasteiger partial charge in [-0.05, 0) is 31.0 Å². The summed E-state index contributed by atoms with van der Waals surface area (Å²) in [6.45, 7) is -2.73. The zero-order chi connectivity index (χ0) is 29.1. The molecule has 0 spiro atoms. The van der Waals surface area contributed by atoms with Gasteiger partial charge in [0.2, 0.25) is 10.0 Å². The highest BCUT2D eigenvalue weighted by atomic mass is 35.5. The van der Waals surface area contributed by atoms with Gasteiger partial charge in [0.1, 0.15) is 11.9 Å². The van der Waals surface area contributed by atoms with Gasteiger partial charge in [-0.2, -0.15) is 13.9 Å². The Kier molecular flexibility index (Phi) is 7.16. The standard InChI is InChI=1S/C25H22ClF3N6O4S2/c26-17-9-13(27)1-2-16(17)21-20(18-3-5-35(32-18)25(28)29)19-10-14(11-34(19)22(31-21)23-30-4-6-40-23)33-41(38,39)15-7-12(8-15)24(36)37/h1-6,9,12,14-15,21,25,33H,7-8,10-11H2,(H,36,37)/t12-,14-,15-,21-/m0/s1. The van der Waals surface area contributed by atoms with Crippen LogP contribution in [0.1, 0.15) is 48.1 Å². The molecular weight excluding hydrogens is 605 g/mol. The summed E-state index contributed by atoms with van der Waals surface area (Å²) in [6, 6.07) is 3.72. The van der Waals surface area contributed by atoms with Crippen LogP contribution in [0.15, 0.2) is 52.7 Å². The van der Waals surface area contributed by atoms with Crippen LogP contribution in [0, 0.1) is 11.7 Å². The summed E-state index contributed by atoms with van der Waals surface area (Å²) in [5.41, 5.74) is 1.60. The van der Waals surface area contributed by atoms with Crippen molar-refractivity contribution in [2.75, 3.05) is 6.54 Å². The van der Waals surface area contributed by atoms with Gasteiger partial charge in [0.05, 0.1) is 16.9 Å². The van der Waals surface area contributed by atoms with E-state index >= 15 is 0 Å². The Labute approximate surface area is 241 Å². The molecule has 6 rings (SSSR count). The van der Waals surface area contributed by atoms with E-state index in [2.05, 4.69) is 14.8 Å². The molecule has 1 aliphatic carbocycles. The number of benzene rings is 1. The van der Waals surface area contributed by atoms with Crippen molar-refractivity contribution < 1.29 is 31.5 Å². The number of carbonyl (C=O) groups is 1. The number of aliphatic carboxylic acids is 1. The van der Waals surface area contributed by atoms with Gasteiger partial charge in [-0.15, -0.1) is 11.3 Å². The average molecular weight is 627 g/mol. The van der Waals surface area contributed by atoms with Crippen molar-refractivity contribution in [1.82, 2.24) is 24.4 Å². The molecule has 1 saturated carbocycles. The molecule has 2 atom stereocenters. The van der Waals surface area contributed by atoms with Gasteiger partial charge in [-0.1, -0.05) is 17.7 Å². The number of fused-ring (bicyclic) bond motifs is 1. The van der Waals surface area contributed by atoms with Crippen LogP contribution < -0.4 is 4.72 Å². The van der Waals surface area contributed by atoms with Gasteiger partial charge >= 0.3 is 12.5 Å². The fourth-order valence-electron chi connectivity index (χ4n) is 5.38. The van der Waals surface area contributed by atoms with E-state index in [9.17, 15) is 26.4 Å². The molecule has 1 aromatic carbocycles. The summed E-state index contributed by atoms with van der Waals surface area (Å²) in [6.07, 6.45) is 2.93. The van der Waals surface area contributed by atoms with Crippen LogP contribution in [0.3, 0.4) is 0 Å². The molecule has 3 aliphatic rings. The summed E-state index contributed by atoms with van der Waals surface area (Å²) in [5, 5.41) is 14.8. The largest absolute Gasteiger partial charge is 0.481 e. The molecule has 0 radical (unpaired) electrons. The van der Waals surface area contributed by atoms with E-state index in [-0.39, 0.29) is 36.5 Å². The molecule has 0 amide bonds. The first kappa shape index (κ1) is 27.9. The highest BCUT2D eigenvalue weighted by Gasteiger charge is 2.46. The Morgan fingerprint density at radius 3 is 2.66 bits per heavy atom. The number of aromatic nitrogens is 3. The lowest BCUT2D eigenvalue weighted by Gasteiger charge is -2.33. The van der Waals surface area contributed by atoms with E-state index in [1.54, 1.807) is 16.5 Å². The number of hydrogen-bond donors (Lipinski definition) is 2. The molecule has 10 nitrogen and oxygen atoms in total. The number of thiazole rings is 1. The molecule has 3 aromatic rings. The van der Waals surface area contributed by atoms with Gasteiger partial charge in [-0.25, -0.2) is 27.2 Å². The monoisotopic (exact) mass is 626 g/mol. The summed E-state index contributed by atoms with van der Waals surface area (Å²) >= 11 is 7.77. The number of nitrogens with zero attached hydrogens (tertiary/aromatic N) is 5. The maximum absolute atomic E-state index is 14.0. The van der Waals surface area contributed by atoms with Gasteiger partial charge < -0.3 is 10.0 Å². The Morgan fingerprint density at radius 2 is 2.02 bits per heavy atom. The number of hydrogen-bond acceptors (Lipinski definition) is 8. The van der Waals surface area contributed by atoms with Gasteiger partial charge in [0.15, 0.2) is 10.8 Å². The van der Waals surface area contributed by atoms with Crippen LogP contribution in [0.4, 0.5) is 13.2 Å². The third-order valence-electron chi connectivity index (χ3n) is 7.44. The molecule has 1 saturated heterocycles. The molecule has 2 aromatic heterocycles. The number of amidine groups is 1. The van der Waals surface area contributed by atoms with E-state index in [1.165, 1.54) is 29.5 Å². The first-order valence-corrected chi connectivity index (χ1v) is 15.3. The number of sulfonamides is 1. The normalized spacial score (nSPS) is 24.4. The maximum Gasteiger partial charge on any atom is 0.333 e. The van der Waals surface area contributed by atoms with E-state index < -0.39 is 51.6 Å². The van der Waals surface area contributed by atoms with Crippen LogP contribution in [0.25, 0.3) is 5.57 Å². The summed E-state index contributed by atoms with van der Waals surface area (Å²) in [5.74, 6) is -1.86. The molecule has 0 bridgehead atoms. The minimum atomic E-state index is -3.85. The van der Waals surface area contributed by atoms with Crippen molar-refractivity contribution in [2.24, 2.45) is 10.9 Å². The third-order valence-corrected chi connectivity index (χ3v) is 10.5. The fraction of sp³-hybridized carbons (Fsp3) is 0.360. The van der Waals surface area contributed by atoms with Gasteiger partial charge in [0, 0.05) is 58.6 Å². The topological polar surface area (TPSA) is 130 Å². The van der Waals surface area contributed by atoms with Crippen LogP contribution in [-0.4, -0.2) is 62.8 Å². The Balaban J connectivity index is 1.43. The zero-order valence-electron chi connectivity index (χ0n) is 21.0. The lowest BCUT2D eigenvalue weighted by molar-refractivity contribution is -0.144. The molecular formula is C25H22ClF3N6O4S2. The number of halogens is 4. The molecule has 2 fully saturated rings. The first-order chi connectivity index (χ1) is 19.5. The highest BCUT2D eigenvalue weighted by Crippen LogP contribution is 2.46. The Morgan fingerprint density at radius 1 is 1.24 bits per heavy atom. The summed E-state index contributed by atoms with van der Waals surface area (Å²) < 4.78 is 70.4. The zero-order valence-corrected chi connectivity index (χ0v) is 23.4. The Bertz CT molecular complexity index is 1670. The summed E-state index contributed by atoms with van der Waals surface area (Å²) in [4.78, 5) is 22.3. The van der Waals surface area contributed by atoms with Crippen LogP contribution in [-0.2, 0) is 14.8 Å². The van der Waals surface area contributed by atoms with E-state index in [0.717, 1.165) is 12.3 Å². The van der Waals surface area contributed by atoms with Crippen molar-refractivity contribution in [1.29, 1.82) is 0 Å². The molecule has 216 valence electrons. The minimum Gasteiger partial charge on any atom is -0.481 e. The number of alkyl halides is 2. The molecule has 4 heterocycles. The predicted octanol–water partition coefficient (Wildman–Crippen LogP) is 4.30. The highest BCUT2D eigenvalue weighted by molar-refractivity contribution is 7.90. The third kappa shape index (κ3) is 5.15. The van der Waals surface area contributed by atoms with Crippen molar-refractivity contribution >= 4 is 50.3 Å². The van der Waals surface area contributed by atoms with E-state index in [4.69, 9.17) is 21.7 Å². The second kappa shape index (κ2) is 10.5. The van der Waals surface area contributed by atoms with Crippen molar-refractivity contribution in [3.8, 4) is 0 Å². The Hall–Kier alpha value is -3.27. The molecule has 0 unspecified atom stereocenters. The lowest BCUT2D eigenvalue weighted by Crippen LogP contribution is -2.49. The number of carboxylic acid groups (broad SMARTS) is 1. The minimum absolute atomic E-state index is 0.0249. The van der Waals surface area contributed by atoms with Gasteiger partial charge in [0.25, 0.3) is 0 Å². The maximum atomic E-state index is 14.0. The number of nitrogens with one attached hydrogen (secondary N) is 1. The summed E-state index contributed by atoms with van der Waals surface area (Å²) in [7, 11) is -3.85. The smallest absolute Gasteiger partial charge is 0.333 e. The molecule has 2 N–H and O–H groups in total. The molecule has 41 heavy (non-hydrogen) atoms. The fourth-order valence-corrected chi connectivity index (χ4v) is 8.08. The van der Waals surface area contributed by atoms with Crippen molar-refractivity contribution in [2.45, 2.75) is 43.1 Å². The first-order valence-electron chi connectivity index (χ1n) is 12.5. The van der Waals surface area contributed by atoms with Crippen LogP contribution >= 0.6 is 22.9 Å². The van der Waals surface area contributed by atoms with Crippen LogP contribution in [0.2, 0.25) is 5.02 Å². The number of carboxylic acids is 1. The second-order valence-corrected chi connectivity index (χ2v) is 13.3. The predicted molar refractivity (Wildman–Crippen MR) is 145 cm³/mol.